The van der Waals surface area contributed by atoms with Crippen LogP contribution in [0.25, 0.3) is 0 Å². The summed E-state index contributed by atoms with van der Waals surface area (Å²) in [5.74, 6) is 1.40. The van der Waals surface area contributed by atoms with E-state index in [2.05, 4.69) is 34.7 Å². The van der Waals surface area contributed by atoms with Crippen molar-refractivity contribution >= 4 is 0 Å². The van der Waals surface area contributed by atoms with Crippen LogP contribution in [0.2, 0.25) is 0 Å². The van der Waals surface area contributed by atoms with Crippen LogP contribution in [0.15, 0.2) is 0 Å². The molecular weight excluding hydrogens is 218 g/mol. The van der Waals surface area contributed by atoms with E-state index in [-0.39, 0.29) is 0 Å². The summed E-state index contributed by atoms with van der Waals surface area (Å²) in [5, 5.41) is 15.4. The van der Waals surface area contributed by atoms with Gasteiger partial charge in [0.15, 0.2) is 5.82 Å². The van der Waals surface area contributed by atoms with Crippen LogP contribution < -0.4 is 5.32 Å². The third kappa shape index (κ3) is 3.01. The molecule has 96 valence electrons. The van der Waals surface area contributed by atoms with Crippen molar-refractivity contribution in [1.29, 1.82) is 0 Å². The molecule has 1 aromatic rings. The molecule has 2 heterocycles. The van der Waals surface area contributed by atoms with Crippen LogP contribution in [0, 0.1) is 5.92 Å². The molecule has 1 fully saturated rings. The van der Waals surface area contributed by atoms with E-state index < -0.39 is 0 Å². The number of hydrogen-bond donors (Lipinski definition) is 1. The summed E-state index contributed by atoms with van der Waals surface area (Å²) < 4.78 is 7.42. The van der Waals surface area contributed by atoms with Gasteiger partial charge in [0.2, 0.25) is 0 Å². The molecule has 1 saturated heterocycles. The number of hydrogen-bond acceptors (Lipinski definition) is 5. The predicted octanol–water partition coefficient (Wildman–Crippen LogP) is 0.770. The van der Waals surface area contributed by atoms with E-state index >= 15 is 0 Å². The summed E-state index contributed by atoms with van der Waals surface area (Å²) in [6.07, 6.45) is 2.11. The molecule has 17 heavy (non-hydrogen) atoms. The Hall–Kier alpha value is -1.01. The molecule has 6 heteroatoms. The normalized spacial score (nSPS) is 25.1. The first-order valence-corrected chi connectivity index (χ1v) is 6.38. The lowest BCUT2D eigenvalue weighted by atomic mass is 9.98. The highest BCUT2D eigenvalue weighted by molar-refractivity contribution is 4.87. The van der Waals surface area contributed by atoms with Gasteiger partial charge in [0.25, 0.3) is 0 Å². The van der Waals surface area contributed by atoms with Crippen molar-refractivity contribution in [2.24, 2.45) is 5.92 Å². The zero-order valence-corrected chi connectivity index (χ0v) is 10.6. The minimum atomic E-state index is 0.372. The number of nitrogens with zero attached hydrogens (tertiary/aromatic N) is 4. The van der Waals surface area contributed by atoms with Crippen LogP contribution in [-0.2, 0) is 11.3 Å². The highest BCUT2D eigenvalue weighted by atomic mass is 16.5. The smallest absolute Gasteiger partial charge is 0.165 e. The van der Waals surface area contributed by atoms with E-state index in [1.807, 2.05) is 4.68 Å². The van der Waals surface area contributed by atoms with E-state index in [4.69, 9.17) is 4.74 Å². The largest absolute Gasteiger partial charge is 0.381 e. The quantitative estimate of drug-likeness (QED) is 0.769. The number of aromatic nitrogens is 4. The van der Waals surface area contributed by atoms with Gasteiger partial charge in [-0.3, -0.25) is 0 Å². The topological polar surface area (TPSA) is 64.9 Å². The minimum absolute atomic E-state index is 0.372. The lowest BCUT2D eigenvalue weighted by Crippen LogP contribution is -2.31. The molecule has 0 radical (unpaired) electrons. The maximum absolute atomic E-state index is 5.45. The van der Waals surface area contributed by atoms with Crippen molar-refractivity contribution in [3.63, 3.8) is 0 Å². The third-order valence-electron chi connectivity index (χ3n) is 3.18. The summed E-state index contributed by atoms with van der Waals surface area (Å²) in [4.78, 5) is 0. The average molecular weight is 239 g/mol. The molecule has 0 aromatic carbocycles. The second kappa shape index (κ2) is 6.07. The zero-order chi connectivity index (χ0) is 12.1. The maximum Gasteiger partial charge on any atom is 0.165 e. The molecule has 6 nitrogen and oxygen atoms in total. The SMILES string of the molecule is CCCNCc1nnnn1C1CCOCC1C. The number of rotatable bonds is 5. The van der Waals surface area contributed by atoms with Gasteiger partial charge in [-0.25, -0.2) is 4.68 Å². The molecule has 1 aliphatic heterocycles. The Balaban J connectivity index is 2.01. The van der Waals surface area contributed by atoms with E-state index in [1.54, 1.807) is 0 Å². The van der Waals surface area contributed by atoms with Crippen LogP contribution >= 0.6 is 0 Å². The van der Waals surface area contributed by atoms with E-state index in [9.17, 15) is 0 Å². The van der Waals surface area contributed by atoms with E-state index in [0.717, 1.165) is 45.0 Å². The standard InChI is InChI=1S/C11H21N5O/c1-3-5-12-7-11-13-14-15-16(11)10-4-6-17-8-9(10)2/h9-10,12H,3-8H2,1-2H3. The second-order valence-electron chi connectivity index (χ2n) is 4.62. The van der Waals surface area contributed by atoms with Crippen molar-refractivity contribution in [2.45, 2.75) is 39.3 Å². The van der Waals surface area contributed by atoms with Crippen molar-refractivity contribution in [2.75, 3.05) is 19.8 Å². The van der Waals surface area contributed by atoms with Gasteiger partial charge in [-0.2, -0.15) is 0 Å². The Morgan fingerprint density at radius 1 is 1.53 bits per heavy atom. The molecule has 0 aliphatic carbocycles. The molecular formula is C11H21N5O. The van der Waals surface area contributed by atoms with Crippen LogP contribution in [0.4, 0.5) is 0 Å². The number of tetrazole rings is 1. The lowest BCUT2D eigenvalue weighted by Gasteiger charge is -2.29. The Bertz CT molecular complexity index is 340. The van der Waals surface area contributed by atoms with Crippen molar-refractivity contribution < 1.29 is 4.74 Å². The molecule has 0 spiro atoms. The first kappa shape index (κ1) is 12.4. The summed E-state index contributed by atoms with van der Waals surface area (Å²) >= 11 is 0. The molecule has 1 N–H and O–H groups in total. The lowest BCUT2D eigenvalue weighted by molar-refractivity contribution is 0.0234. The average Bonchev–Trinajstić information content (AvgIpc) is 2.78. The Morgan fingerprint density at radius 2 is 2.41 bits per heavy atom. The van der Waals surface area contributed by atoms with Crippen LogP contribution in [0.3, 0.4) is 0 Å². The van der Waals surface area contributed by atoms with Gasteiger partial charge < -0.3 is 10.1 Å². The summed E-state index contributed by atoms with van der Waals surface area (Å²) in [5.41, 5.74) is 0. The maximum atomic E-state index is 5.45. The predicted molar refractivity (Wildman–Crippen MR) is 63.5 cm³/mol. The van der Waals surface area contributed by atoms with Gasteiger partial charge in [-0.1, -0.05) is 13.8 Å². The summed E-state index contributed by atoms with van der Waals surface area (Å²) in [7, 11) is 0. The summed E-state index contributed by atoms with van der Waals surface area (Å²) in [6.45, 7) is 7.68. The minimum Gasteiger partial charge on any atom is -0.381 e. The van der Waals surface area contributed by atoms with Gasteiger partial charge in [0.1, 0.15) is 0 Å². The van der Waals surface area contributed by atoms with Crippen LogP contribution in [0.5, 0.6) is 0 Å². The fourth-order valence-electron chi connectivity index (χ4n) is 2.20. The van der Waals surface area contributed by atoms with Crippen molar-refractivity contribution in [1.82, 2.24) is 25.5 Å². The zero-order valence-electron chi connectivity index (χ0n) is 10.6. The Morgan fingerprint density at radius 3 is 3.18 bits per heavy atom. The third-order valence-corrected chi connectivity index (χ3v) is 3.18. The monoisotopic (exact) mass is 239 g/mol. The fourth-order valence-corrected chi connectivity index (χ4v) is 2.20. The molecule has 0 bridgehead atoms. The van der Waals surface area contributed by atoms with Gasteiger partial charge in [-0.15, -0.1) is 5.10 Å². The summed E-state index contributed by atoms with van der Waals surface area (Å²) in [6, 6.07) is 0.372. The van der Waals surface area contributed by atoms with Crippen LogP contribution in [0.1, 0.15) is 38.6 Å². The fraction of sp³-hybridized carbons (Fsp3) is 0.909. The molecule has 0 saturated carbocycles. The second-order valence-corrected chi connectivity index (χ2v) is 4.62. The molecule has 1 aromatic heterocycles. The van der Waals surface area contributed by atoms with Crippen molar-refractivity contribution in [3.05, 3.63) is 5.82 Å². The molecule has 2 atom stereocenters. The van der Waals surface area contributed by atoms with Crippen molar-refractivity contribution in [3.8, 4) is 0 Å². The highest BCUT2D eigenvalue weighted by Gasteiger charge is 2.26. The van der Waals surface area contributed by atoms with Gasteiger partial charge in [-0.05, 0) is 29.8 Å². The first-order chi connectivity index (χ1) is 8.33. The van der Waals surface area contributed by atoms with E-state index in [0.29, 0.717) is 12.0 Å². The molecule has 1 aliphatic rings. The Kier molecular flexibility index (Phi) is 4.44. The number of nitrogens with one attached hydrogen (secondary N) is 1. The highest BCUT2D eigenvalue weighted by Crippen LogP contribution is 2.26. The van der Waals surface area contributed by atoms with Gasteiger partial charge in [0, 0.05) is 12.5 Å². The van der Waals surface area contributed by atoms with E-state index in [1.165, 1.54) is 0 Å². The molecule has 2 rings (SSSR count). The molecule has 0 amide bonds. The van der Waals surface area contributed by atoms with Gasteiger partial charge >= 0.3 is 0 Å². The Labute approximate surface area is 102 Å². The van der Waals surface area contributed by atoms with Crippen LogP contribution in [-0.4, -0.2) is 40.0 Å². The first-order valence-electron chi connectivity index (χ1n) is 6.38. The number of ether oxygens (including phenoxy) is 1. The van der Waals surface area contributed by atoms with Gasteiger partial charge in [0.05, 0.1) is 19.2 Å². The molecule has 2 unspecified atom stereocenters.